The fourth-order valence-corrected chi connectivity index (χ4v) is 5.16. The molecular formula is C26H29N7O4. The minimum Gasteiger partial charge on any atom is -0.444 e. The number of anilines is 1. The molecule has 6 rings (SSSR count). The van der Waals surface area contributed by atoms with Crippen LogP contribution < -0.4 is 5.32 Å². The molecule has 11 nitrogen and oxygen atoms in total. The molecule has 0 aromatic carbocycles. The molecular weight excluding hydrogens is 474 g/mol. The SMILES string of the molecule is CC1(C)CCc2nnc(-c3cccc(NC(=O)c4cc5c(cn4)CCN(C(=O)OC4CCOC4)C5)n3)n21. The summed E-state index contributed by atoms with van der Waals surface area (Å²) in [6.45, 7) is 6.29. The van der Waals surface area contributed by atoms with Crippen LogP contribution in [0.2, 0.25) is 0 Å². The van der Waals surface area contributed by atoms with Crippen LogP contribution in [0.5, 0.6) is 0 Å². The molecule has 0 radical (unpaired) electrons. The molecule has 1 unspecified atom stereocenters. The monoisotopic (exact) mass is 503 g/mol. The number of fused-ring (bicyclic) bond motifs is 2. The largest absolute Gasteiger partial charge is 0.444 e. The Hall–Kier alpha value is -3.86. The molecule has 0 aliphatic carbocycles. The lowest BCUT2D eigenvalue weighted by atomic mass is 10.0. The Morgan fingerprint density at radius 2 is 2.08 bits per heavy atom. The van der Waals surface area contributed by atoms with E-state index in [1.165, 1.54) is 0 Å². The van der Waals surface area contributed by atoms with Crippen LogP contribution in [-0.4, -0.2) is 67.5 Å². The van der Waals surface area contributed by atoms with Crippen molar-refractivity contribution in [1.29, 1.82) is 0 Å². The van der Waals surface area contributed by atoms with Crippen LogP contribution in [0.3, 0.4) is 0 Å². The summed E-state index contributed by atoms with van der Waals surface area (Å²) in [5.41, 5.74) is 2.72. The maximum absolute atomic E-state index is 13.1. The predicted molar refractivity (Wildman–Crippen MR) is 133 cm³/mol. The minimum absolute atomic E-state index is 0.0899. The van der Waals surface area contributed by atoms with E-state index in [1.54, 1.807) is 23.2 Å². The second kappa shape index (κ2) is 9.22. The van der Waals surface area contributed by atoms with Gasteiger partial charge in [0.15, 0.2) is 5.82 Å². The molecule has 0 bridgehead atoms. The van der Waals surface area contributed by atoms with Crippen molar-refractivity contribution >= 4 is 17.8 Å². The van der Waals surface area contributed by atoms with E-state index >= 15 is 0 Å². The Morgan fingerprint density at radius 1 is 1.19 bits per heavy atom. The van der Waals surface area contributed by atoms with Gasteiger partial charge in [0, 0.05) is 37.7 Å². The zero-order valence-electron chi connectivity index (χ0n) is 20.9. The molecule has 3 aliphatic heterocycles. The van der Waals surface area contributed by atoms with Crippen LogP contribution in [0.1, 0.15) is 54.1 Å². The van der Waals surface area contributed by atoms with Crippen LogP contribution in [-0.2, 0) is 34.4 Å². The van der Waals surface area contributed by atoms with Crippen molar-refractivity contribution in [1.82, 2.24) is 29.6 Å². The number of aryl methyl sites for hydroxylation is 1. The summed E-state index contributed by atoms with van der Waals surface area (Å²) < 4.78 is 13.0. The number of ether oxygens (including phenoxy) is 2. The summed E-state index contributed by atoms with van der Waals surface area (Å²) >= 11 is 0. The van der Waals surface area contributed by atoms with Gasteiger partial charge in [0.25, 0.3) is 5.91 Å². The van der Waals surface area contributed by atoms with Crippen molar-refractivity contribution in [3.8, 4) is 11.5 Å². The fourth-order valence-electron chi connectivity index (χ4n) is 5.16. The first-order chi connectivity index (χ1) is 17.9. The van der Waals surface area contributed by atoms with Crippen LogP contribution in [0.25, 0.3) is 11.5 Å². The molecule has 1 N–H and O–H groups in total. The first kappa shape index (κ1) is 23.5. The van der Waals surface area contributed by atoms with Crippen LogP contribution in [0.4, 0.5) is 10.6 Å². The average molecular weight is 504 g/mol. The van der Waals surface area contributed by atoms with E-state index < -0.39 is 0 Å². The van der Waals surface area contributed by atoms with E-state index in [2.05, 4.69) is 43.9 Å². The molecule has 3 aromatic rings. The number of nitrogens with zero attached hydrogens (tertiary/aromatic N) is 6. The number of rotatable bonds is 4. The third-order valence-electron chi connectivity index (χ3n) is 7.26. The topological polar surface area (TPSA) is 124 Å². The first-order valence-corrected chi connectivity index (χ1v) is 12.6. The highest BCUT2D eigenvalue weighted by Gasteiger charge is 2.34. The summed E-state index contributed by atoms with van der Waals surface area (Å²) in [5, 5.41) is 11.5. The quantitative estimate of drug-likeness (QED) is 0.576. The van der Waals surface area contributed by atoms with Gasteiger partial charge >= 0.3 is 6.09 Å². The summed E-state index contributed by atoms with van der Waals surface area (Å²) in [5.74, 6) is 1.67. The van der Waals surface area contributed by atoms with Crippen molar-refractivity contribution in [3.63, 3.8) is 0 Å². The number of pyridine rings is 2. The lowest BCUT2D eigenvalue weighted by molar-refractivity contribution is 0.0516. The Labute approximate surface area is 214 Å². The third-order valence-corrected chi connectivity index (χ3v) is 7.26. The van der Waals surface area contributed by atoms with Crippen molar-refractivity contribution in [3.05, 3.63) is 53.1 Å². The Balaban J connectivity index is 1.16. The zero-order chi connectivity index (χ0) is 25.6. The normalized spacial score (nSPS) is 19.8. The number of carbonyl (C=O) groups is 2. The summed E-state index contributed by atoms with van der Waals surface area (Å²) in [4.78, 5) is 36.3. The highest BCUT2D eigenvalue weighted by molar-refractivity contribution is 6.02. The molecule has 1 saturated heterocycles. The van der Waals surface area contributed by atoms with Gasteiger partial charge in [-0.15, -0.1) is 10.2 Å². The van der Waals surface area contributed by atoms with Gasteiger partial charge < -0.3 is 24.3 Å². The van der Waals surface area contributed by atoms with Gasteiger partial charge in [-0.1, -0.05) is 6.07 Å². The molecule has 1 atom stereocenters. The molecule has 192 valence electrons. The summed E-state index contributed by atoms with van der Waals surface area (Å²) in [7, 11) is 0. The van der Waals surface area contributed by atoms with Crippen molar-refractivity contribution in [2.45, 2.75) is 57.7 Å². The van der Waals surface area contributed by atoms with Gasteiger partial charge in [0.05, 0.1) is 13.2 Å². The molecule has 11 heteroatoms. The number of nitrogens with one attached hydrogen (secondary N) is 1. The molecule has 1 fully saturated rings. The van der Waals surface area contributed by atoms with Crippen LogP contribution in [0.15, 0.2) is 30.5 Å². The van der Waals surface area contributed by atoms with E-state index in [4.69, 9.17) is 9.47 Å². The van der Waals surface area contributed by atoms with Crippen molar-refractivity contribution < 1.29 is 19.1 Å². The number of amides is 2. The smallest absolute Gasteiger partial charge is 0.410 e. The van der Waals surface area contributed by atoms with Crippen molar-refractivity contribution in [2.75, 3.05) is 25.1 Å². The van der Waals surface area contributed by atoms with E-state index in [9.17, 15) is 9.59 Å². The van der Waals surface area contributed by atoms with Crippen LogP contribution >= 0.6 is 0 Å². The summed E-state index contributed by atoms with van der Waals surface area (Å²) in [6, 6.07) is 7.17. The first-order valence-electron chi connectivity index (χ1n) is 12.6. The second-order valence-electron chi connectivity index (χ2n) is 10.3. The van der Waals surface area contributed by atoms with Gasteiger partial charge in [0.2, 0.25) is 0 Å². The molecule has 3 aromatic heterocycles. The molecule has 0 spiro atoms. The van der Waals surface area contributed by atoms with Gasteiger partial charge in [0.1, 0.15) is 29.1 Å². The Bertz CT molecular complexity index is 1360. The van der Waals surface area contributed by atoms with Gasteiger partial charge in [-0.2, -0.15) is 0 Å². The number of hydrogen-bond donors (Lipinski definition) is 1. The zero-order valence-corrected chi connectivity index (χ0v) is 20.9. The van der Waals surface area contributed by atoms with Crippen LogP contribution in [0, 0.1) is 0 Å². The Morgan fingerprint density at radius 3 is 2.92 bits per heavy atom. The molecule has 37 heavy (non-hydrogen) atoms. The third kappa shape index (κ3) is 4.55. The molecule has 0 saturated carbocycles. The lowest BCUT2D eigenvalue weighted by Crippen LogP contribution is -2.38. The Kier molecular flexibility index (Phi) is 5.86. The number of aromatic nitrogens is 5. The number of hydrogen-bond acceptors (Lipinski definition) is 8. The van der Waals surface area contributed by atoms with Crippen molar-refractivity contribution in [2.24, 2.45) is 0 Å². The van der Waals surface area contributed by atoms with E-state index in [0.29, 0.717) is 50.1 Å². The maximum Gasteiger partial charge on any atom is 0.410 e. The molecule has 2 amide bonds. The van der Waals surface area contributed by atoms with Gasteiger partial charge in [-0.25, -0.2) is 9.78 Å². The molecule has 3 aliphatic rings. The van der Waals surface area contributed by atoms with E-state index in [0.717, 1.165) is 36.2 Å². The minimum atomic E-state index is -0.373. The summed E-state index contributed by atoms with van der Waals surface area (Å²) in [6.07, 6.45) is 4.41. The lowest BCUT2D eigenvalue weighted by Gasteiger charge is -2.29. The van der Waals surface area contributed by atoms with E-state index in [1.807, 2.05) is 12.1 Å². The van der Waals surface area contributed by atoms with Gasteiger partial charge in [-0.05, 0) is 56.0 Å². The predicted octanol–water partition coefficient (Wildman–Crippen LogP) is 2.95. The standard InChI is InChI=1S/C26H29N7O4/c1-26(2)9-6-22-30-31-23(33(22)26)19-4-3-5-21(28-19)29-24(34)20-12-17-14-32(10-7-16(17)13-27-20)25(35)37-18-8-11-36-15-18/h3-5,12-13,18H,6-11,14-15H2,1-2H3,(H,28,29,34). The average Bonchev–Trinajstić information content (AvgIpc) is 3.63. The highest BCUT2D eigenvalue weighted by Crippen LogP contribution is 2.35. The van der Waals surface area contributed by atoms with Gasteiger partial charge in [-0.3, -0.25) is 9.78 Å². The maximum atomic E-state index is 13.1. The van der Waals surface area contributed by atoms with E-state index in [-0.39, 0.29) is 29.3 Å². The number of carbonyl (C=O) groups excluding carboxylic acids is 2. The highest BCUT2D eigenvalue weighted by atomic mass is 16.6. The second-order valence-corrected chi connectivity index (χ2v) is 10.3. The molecule has 6 heterocycles. The fraction of sp³-hybridized carbons (Fsp3) is 0.462.